The molecule has 0 unspecified atom stereocenters. The summed E-state index contributed by atoms with van der Waals surface area (Å²) in [4.78, 5) is 31.7. The maximum absolute atomic E-state index is 13.3. The van der Waals surface area contributed by atoms with Gasteiger partial charge in [-0.2, -0.15) is 0 Å². The van der Waals surface area contributed by atoms with Gasteiger partial charge in [0, 0.05) is 29.6 Å². The van der Waals surface area contributed by atoms with Gasteiger partial charge in [-0.05, 0) is 50.6 Å². The third kappa shape index (κ3) is 4.71. The first-order valence-electron chi connectivity index (χ1n) is 10.8. The van der Waals surface area contributed by atoms with Gasteiger partial charge in [-0.15, -0.1) is 11.3 Å². The lowest BCUT2D eigenvalue weighted by Gasteiger charge is -2.17. The monoisotopic (exact) mass is 537 g/mol. The summed E-state index contributed by atoms with van der Waals surface area (Å²) >= 11 is 15.9. The van der Waals surface area contributed by atoms with Crippen molar-refractivity contribution in [2.45, 2.75) is 45.1 Å². The highest BCUT2D eigenvalue weighted by molar-refractivity contribution is 8.30. The topological polar surface area (TPSA) is 45.6 Å². The molecule has 0 aliphatic carbocycles. The summed E-state index contributed by atoms with van der Waals surface area (Å²) in [5.41, 5.74) is 1.02. The number of thiocarbonyl (C=S) groups is 1. The molecule has 1 saturated heterocycles. The molecule has 3 heterocycles. The van der Waals surface area contributed by atoms with Gasteiger partial charge in [0.25, 0.3) is 11.5 Å². The standard InChI is InChI=1S/C23H24ClN3O2S4/c1-4-7-12-27-20(28)17(32-22(27)19-21(29)26(6-3)23(30)33-19)10-11-18-25(5-2)15-13-14(24)8-9-16(15)31-18/h8-11,13H,4-7,12H2,1-3H3. The van der Waals surface area contributed by atoms with Crippen LogP contribution < -0.4 is 19.7 Å². The van der Waals surface area contributed by atoms with Crippen LogP contribution in [0, 0.1) is 0 Å². The van der Waals surface area contributed by atoms with Crippen molar-refractivity contribution in [2.75, 3.05) is 18.0 Å². The first-order chi connectivity index (χ1) is 15.9. The fraction of sp³-hybridized carbons (Fsp3) is 0.348. The van der Waals surface area contributed by atoms with Crippen molar-refractivity contribution < 1.29 is 4.79 Å². The zero-order valence-electron chi connectivity index (χ0n) is 18.6. The Kier molecular flexibility index (Phi) is 7.75. The second-order valence-corrected chi connectivity index (χ2v) is 11.6. The van der Waals surface area contributed by atoms with Crippen molar-refractivity contribution in [3.8, 4) is 0 Å². The summed E-state index contributed by atoms with van der Waals surface area (Å²) in [5, 5.41) is 1.75. The molecule has 0 spiro atoms. The van der Waals surface area contributed by atoms with Crippen molar-refractivity contribution in [3.05, 3.63) is 53.9 Å². The molecule has 0 N–H and O–H groups in total. The predicted molar refractivity (Wildman–Crippen MR) is 147 cm³/mol. The lowest BCUT2D eigenvalue weighted by Crippen LogP contribution is -2.33. The number of thiazole rings is 1. The molecule has 10 heteroatoms. The average molecular weight is 538 g/mol. The number of amides is 1. The van der Waals surface area contributed by atoms with Gasteiger partial charge in [-0.3, -0.25) is 19.1 Å². The summed E-state index contributed by atoms with van der Waals surface area (Å²) in [6.45, 7) is 7.99. The second-order valence-electron chi connectivity index (χ2n) is 7.46. The average Bonchev–Trinajstić information content (AvgIpc) is 3.40. The molecule has 4 rings (SSSR count). The zero-order valence-corrected chi connectivity index (χ0v) is 22.6. The second kappa shape index (κ2) is 10.4. The maximum atomic E-state index is 13.3. The number of unbranched alkanes of at least 4 members (excludes halogenated alkanes) is 1. The summed E-state index contributed by atoms with van der Waals surface area (Å²) in [7, 11) is 0. The molecule has 0 atom stereocenters. The van der Waals surface area contributed by atoms with Crippen LogP contribution in [-0.2, 0) is 11.3 Å². The molecule has 2 aliphatic heterocycles. The number of allylic oxidation sites excluding steroid dienone is 1. The largest absolute Gasteiger partial charge is 0.335 e. The molecule has 1 aromatic carbocycles. The third-order valence-corrected chi connectivity index (χ3v) is 9.47. The van der Waals surface area contributed by atoms with Gasteiger partial charge in [-0.25, -0.2) is 0 Å². The summed E-state index contributed by atoms with van der Waals surface area (Å²) in [6.07, 6.45) is 5.69. The van der Waals surface area contributed by atoms with Crippen LogP contribution in [0.25, 0.3) is 11.0 Å². The number of fused-ring (bicyclic) bond motifs is 1. The molecule has 33 heavy (non-hydrogen) atoms. The Balaban J connectivity index is 1.81. The van der Waals surface area contributed by atoms with E-state index in [-0.39, 0.29) is 11.5 Å². The van der Waals surface area contributed by atoms with E-state index in [1.165, 1.54) is 23.1 Å². The number of halogens is 1. The maximum Gasteiger partial charge on any atom is 0.269 e. The summed E-state index contributed by atoms with van der Waals surface area (Å²) < 4.78 is 3.60. The van der Waals surface area contributed by atoms with Crippen molar-refractivity contribution in [3.63, 3.8) is 0 Å². The molecule has 1 amide bonds. The number of aromatic nitrogens is 1. The Morgan fingerprint density at radius 3 is 2.48 bits per heavy atom. The molecule has 2 aromatic rings. The fourth-order valence-electron chi connectivity index (χ4n) is 3.69. The van der Waals surface area contributed by atoms with Crippen molar-refractivity contribution in [1.29, 1.82) is 0 Å². The van der Waals surface area contributed by atoms with E-state index in [0.717, 1.165) is 35.0 Å². The van der Waals surface area contributed by atoms with Gasteiger partial charge < -0.3 is 4.90 Å². The van der Waals surface area contributed by atoms with Crippen LogP contribution in [0.5, 0.6) is 0 Å². The Bertz CT molecular complexity index is 1330. The first-order valence-corrected chi connectivity index (χ1v) is 14.1. The smallest absolute Gasteiger partial charge is 0.269 e. The van der Waals surface area contributed by atoms with Crippen LogP contribution in [0.2, 0.25) is 5.02 Å². The summed E-state index contributed by atoms with van der Waals surface area (Å²) in [6, 6.07) is 5.88. The van der Waals surface area contributed by atoms with Crippen LogP contribution >= 0.6 is 58.7 Å². The van der Waals surface area contributed by atoms with Gasteiger partial charge in [0.1, 0.15) is 13.9 Å². The third-order valence-electron chi connectivity index (χ3n) is 5.39. The van der Waals surface area contributed by atoms with Crippen LogP contribution in [-0.4, -0.2) is 32.8 Å². The van der Waals surface area contributed by atoms with E-state index in [1.54, 1.807) is 21.2 Å². The highest BCUT2D eigenvalue weighted by Gasteiger charge is 2.33. The van der Waals surface area contributed by atoms with Crippen LogP contribution in [0.1, 0.15) is 33.6 Å². The van der Waals surface area contributed by atoms with E-state index in [2.05, 4.69) is 18.7 Å². The van der Waals surface area contributed by atoms with E-state index in [1.807, 2.05) is 37.3 Å². The molecular weight excluding hydrogens is 514 g/mol. The van der Waals surface area contributed by atoms with Gasteiger partial charge in [0.05, 0.1) is 15.2 Å². The number of anilines is 1. The van der Waals surface area contributed by atoms with Crippen molar-refractivity contribution >= 4 is 85.6 Å². The number of rotatable bonds is 6. The number of hydrogen-bond acceptors (Lipinski definition) is 7. The summed E-state index contributed by atoms with van der Waals surface area (Å²) in [5.74, 6) is -0.111. The minimum absolute atomic E-state index is 0.0614. The predicted octanol–water partition coefficient (Wildman–Crippen LogP) is 4.61. The van der Waals surface area contributed by atoms with E-state index < -0.39 is 0 Å². The minimum atomic E-state index is -0.111. The van der Waals surface area contributed by atoms with E-state index in [9.17, 15) is 9.59 Å². The fourth-order valence-corrected chi connectivity index (χ4v) is 7.58. The Morgan fingerprint density at radius 1 is 1.06 bits per heavy atom. The van der Waals surface area contributed by atoms with Crippen LogP contribution in [0.15, 0.2) is 39.0 Å². The normalized spacial score (nSPS) is 19.4. The number of hydrogen-bond donors (Lipinski definition) is 0. The van der Waals surface area contributed by atoms with Gasteiger partial charge in [-0.1, -0.05) is 60.7 Å². The van der Waals surface area contributed by atoms with E-state index >= 15 is 0 Å². The van der Waals surface area contributed by atoms with Crippen LogP contribution in [0.3, 0.4) is 0 Å². The van der Waals surface area contributed by atoms with E-state index in [4.69, 9.17) is 23.8 Å². The lowest BCUT2D eigenvalue weighted by atomic mass is 10.3. The molecule has 0 saturated carbocycles. The number of carbonyl (C=O) groups excluding carboxylic acids is 1. The molecule has 1 aromatic heterocycles. The van der Waals surface area contributed by atoms with E-state index in [0.29, 0.717) is 36.5 Å². The highest BCUT2D eigenvalue weighted by Crippen LogP contribution is 2.46. The molecular formula is C23H24ClN3O2S4. The van der Waals surface area contributed by atoms with Crippen LogP contribution in [0.4, 0.5) is 5.69 Å². The van der Waals surface area contributed by atoms with Crippen molar-refractivity contribution in [1.82, 2.24) is 9.47 Å². The Morgan fingerprint density at radius 2 is 1.82 bits per heavy atom. The lowest BCUT2D eigenvalue weighted by molar-refractivity contribution is -0.120. The van der Waals surface area contributed by atoms with Gasteiger partial charge >= 0.3 is 0 Å². The quantitative estimate of drug-likeness (QED) is 0.502. The number of thioether (sulfide) groups is 2. The SMILES string of the molecule is CCCCn1c(=C2SC(=S)N(CC)C2=O)sc(=CC=C2Sc3ccc(Cl)cc3N2CC)c1=O. The minimum Gasteiger partial charge on any atom is -0.335 e. The Hall–Kier alpha value is -1.52. The molecule has 2 aliphatic rings. The Labute approximate surface area is 215 Å². The zero-order chi connectivity index (χ0) is 23.7. The highest BCUT2D eigenvalue weighted by atomic mass is 35.5. The van der Waals surface area contributed by atoms with Crippen molar-refractivity contribution in [2.24, 2.45) is 0 Å². The number of carbonyl (C=O) groups is 1. The molecule has 0 radical (unpaired) electrons. The first kappa shape index (κ1) is 24.6. The van der Waals surface area contributed by atoms with Gasteiger partial charge in [0.2, 0.25) is 0 Å². The molecule has 0 bridgehead atoms. The van der Waals surface area contributed by atoms with Gasteiger partial charge in [0.15, 0.2) is 0 Å². The molecule has 5 nitrogen and oxygen atoms in total. The number of nitrogens with zero attached hydrogens (tertiary/aromatic N) is 3. The molecule has 174 valence electrons. The molecule has 1 fully saturated rings. The number of benzene rings is 1.